The van der Waals surface area contributed by atoms with Crippen molar-refractivity contribution in [1.29, 1.82) is 0 Å². The molecule has 1 unspecified atom stereocenters. The lowest BCUT2D eigenvalue weighted by atomic mass is 10.1. The van der Waals surface area contributed by atoms with Gasteiger partial charge in [-0.25, -0.2) is 0 Å². The molecule has 0 saturated carbocycles. The summed E-state index contributed by atoms with van der Waals surface area (Å²) in [6, 6.07) is 1.86. The first-order valence-electron chi connectivity index (χ1n) is 5.26. The number of hydrogen-bond donors (Lipinski definition) is 2. The van der Waals surface area contributed by atoms with Crippen molar-refractivity contribution in [3.8, 4) is 0 Å². The fourth-order valence-corrected chi connectivity index (χ4v) is 2.67. The van der Waals surface area contributed by atoms with Gasteiger partial charge in [-0.3, -0.25) is 0 Å². The van der Waals surface area contributed by atoms with Crippen molar-refractivity contribution in [1.82, 2.24) is 4.37 Å². The average molecular weight is 243 g/mol. The maximum atomic E-state index is 9.20. The highest BCUT2D eigenvalue weighted by atomic mass is 32.1. The van der Waals surface area contributed by atoms with Gasteiger partial charge in [-0.2, -0.15) is 4.37 Å². The van der Waals surface area contributed by atoms with Crippen molar-refractivity contribution in [2.45, 2.75) is 25.6 Å². The molecule has 5 nitrogen and oxygen atoms in total. The molecule has 0 aromatic carbocycles. The topological polar surface area (TPSA) is 71.6 Å². The lowest BCUT2D eigenvalue weighted by Gasteiger charge is -2.42. The van der Waals surface area contributed by atoms with E-state index in [0.29, 0.717) is 12.4 Å². The monoisotopic (exact) mass is 243 g/mol. The molecule has 0 bridgehead atoms. The van der Waals surface area contributed by atoms with E-state index in [2.05, 4.69) is 9.27 Å². The number of aromatic nitrogens is 1. The van der Waals surface area contributed by atoms with E-state index in [-0.39, 0.29) is 18.3 Å². The first-order chi connectivity index (χ1) is 7.50. The maximum Gasteiger partial charge on any atom is 0.139 e. The standard InChI is InChI=1S/C10H17N3O2S/c1-10(2)6-13(4-7(5-14)15-10)9-3-8(11)12-16-9/h3,7,14H,4-6H2,1-2H3,(H2,11,12). The Morgan fingerprint density at radius 2 is 2.50 bits per heavy atom. The van der Waals surface area contributed by atoms with Crippen molar-refractivity contribution < 1.29 is 9.84 Å². The fourth-order valence-electron chi connectivity index (χ4n) is 1.99. The van der Waals surface area contributed by atoms with Gasteiger partial charge in [0.05, 0.1) is 18.3 Å². The number of morpholine rings is 1. The minimum atomic E-state index is -0.260. The Balaban J connectivity index is 2.15. The average Bonchev–Trinajstić information content (AvgIpc) is 2.62. The van der Waals surface area contributed by atoms with Gasteiger partial charge < -0.3 is 20.5 Å². The molecule has 1 aliphatic rings. The third-order valence-electron chi connectivity index (χ3n) is 2.51. The van der Waals surface area contributed by atoms with Gasteiger partial charge in [0.25, 0.3) is 0 Å². The van der Waals surface area contributed by atoms with Crippen LogP contribution in [0.5, 0.6) is 0 Å². The summed E-state index contributed by atoms with van der Waals surface area (Å²) in [4.78, 5) is 2.17. The van der Waals surface area contributed by atoms with E-state index < -0.39 is 0 Å². The molecule has 1 aliphatic heterocycles. The number of ether oxygens (including phenoxy) is 1. The molecule has 2 rings (SSSR count). The van der Waals surface area contributed by atoms with Gasteiger partial charge in [0.2, 0.25) is 0 Å². The number of aliphatic hydroxyl groups is 1. The lowest BCUT2D eigenvalue weighted by Crippen LogP contribution is -2.53. The van der Waals surface area contributed by atoms with Crippen LogP contribution < -0.4 is 10.6 Å². The van der Waals surface area contributed by atoms with Crippen LogP contribution >= 0.6 is 11.5 Å². The van der Waals surface area contributed by atoms with Crippen LogP contribution in [0.15, 0.2) is 6.07 Å². The maximum absolute atomic E-state index is 9.20. The molecule has 0 radical (unpaired) electrons. The van der Waals surface area contributed by atoms with E-state index in [4.69, 9.17) is 10.5 Å². The van der Waals surface area contributed by atoms with Crippen LogP contribution in [-0.4, -0.2) is 40.9 Å². The molecular weight excluding hydrogens is 226 g/mol. The highest BCUT2D eigenvalue weighted by Gasteiger charge is 2.33. The Morgan fingerprint density at radius 3 is 3.06 bits per heavy atom. The zero-order chi connectivity index (χ0) is 11.8. The van der Waals surface area contributed by atoms with Gasteiger partial charge in [0.1, 0.15) is 10.8 Å². The SMILES string of the molecule is CC1(C)CN(c2cc(N)ns2)CC(CO)O1. The van der Waals surface area contributed by atoms with Crippen LogP contribution in [0.1, 0.15) is 13.8 Å². The molecule has 2 heterocycles. The minimum absolute atomic E-state index is 0.0359. The Morgan fingerprint density at radius 1 is 1.75 bits per heavy atom. The number of nitrogens with two attached hydrogens (primary N) is 1. The summed E-state index contributed by atoms with van der Waals surface area (Å²) in [6.07, 6.45) is -0.146. The summed E-state index contributed by atoms with van der Waals surface area (Å²) < 4.78 is 9.81. The van der Waals surface area contributed by atoms with E-state index >= 15 is 0 Å². The van der Waals surface area contributed by atoms with E-state index in [1.165, 1.54) is 11.5 Å². The van der Waals surface area contributed by atoms with Crippen molar-refractivity contribution in [3.05, 3.63) is 6.07 Å². The fraction of sp³-hybridized carbons (Fsp3) is 0.700. The molecule has 3 N–H and O–H groups in total. The zero-order valence-corrected chi connectivity index (χ0v) is 10.3. The van der Waals surface area contributed by atoms with Crippen LogP contribution in [0.2, 0.25) is 0 Å². The molecule has 1 fully saturated rings. The molecule has 0 amide bonds. The van der Waals surface area contributed by atoms with Crippen molar-refractivity contribution in [2.75, 3.05) is 30.3 Å². The van der Waals surface area contributed by atoms with Crippen LogP contribution in [0.3, 0.4) is 0 Å². The molecule has 0 aliphatic carbocycles. The third kappa shape index (κ3) is 2.45. The van der Waals surface area contributed by atoms with Gasteiger partial charge >= 0.3 is 0 Å². The van der Waals surface area contributed by atoms with Gasteiger partial charge in [-0.05, 0) is 25.4 Å². The normalized spacial score (nSPS) is 24.7. The third-order valence-corrected chi connectivity index (χ3v) is 3.38. The smallest absolute Gasteiger partial charge is 0.139 e. The Bertz CT molecular complexity index is 367. The molecular formula is C10H17N3O2S. The Hall–Kier alpha value is -0.850. The quantitative estimate of drug-likeness (QED) is 0.800. The number of hydrogen-bond acceptors (Lipinski definition) is 6. The Kier molecular flexibility index (Phi) is 3.05. The molecule has 1 saturated heterocycles. The number of aliphatic hydroxyl groups excluding tert-OH is 1. The van der Waals surface area contributed by atoms with Gasteiger partial charge in [-0.1, -0.05) is 0 Å². The second-order valence-electron chi connectivity index (χ2n) is 4.65. The van der Waals surface area contributed by atoms with Crippen molar-refractivity contribution in [3.63, 3.8) is 0 Å². The predicted octanol–water partition coefficient (Wildman–Crippen LogP) is 0.701. The molecule has 1 aromatic rings. The first kappa shape index (κ1) is 11.6. The van der Waals surface area contributed by atoms with E-state index in [1.807, 2.05) is 19.9 Å². The summed E-state index contributed by atoms with van der Waals surface area (Å²) in [5.74, 6) is 0.546. The van der Waals surface area contributed by atoms with Crippen LogP contribution in [0.25, 0.3) is 0 Å². The molecule has 1 aromatic heterocycles. The second-order valence-corrected chi connectivity index (χ2v) is 5.44. The zero-order valence-electron chi connectivity index (χ0n) is 9.51. The van der Waals surface area contributed by atoms with Crippen LogP contribution in [-0.2, 0) is 4.74 Å². The van der Waals surface area contributed by atoms with E-state index in [1.54, 1.807) is 0 Å². The number of anilines is 2. The van der Waals surface area contributed by atoms with Gasteiger partial charge in [0.15, 0.2) is 0 Å². The van der Waals surface area contributed by atoms with E-state index in [0.717, 1.165) is 11.5 Å². The molecule has 16 heavy (non-hydrogen) atoms. The van der Waals surface area contributed by atoms with Crippen LogP contribution in [0, 0.1) is 0 Å². The molecule has 90 valence electrons. The summed E-state index contributed by atoms with van der Waals surface area (Å²) in [5, 5.41) is 10.2. The van der Waals surface area contributed by atoms with Crippen molar-refractivity contribution >= 4 is 22.4 Å². The van der Waals surface area contributed by atoms with Crippen LogP contribution in [0.4, 0.5) is 10.8 Å². The molecule has 1 atom stereocenters. The van der Waals surface area contributed by atoms with E-state index in [9.17, 15) is 5.11 Å². The lowest BCUT2D eigenvalue weighted by molar-refractivity contribution is -0.100. The van der Waals surface area contributed by atoms with Gasteiger partial charge in [-0.15, -0.1) is 0 Å². The molecule has 6 heteroatoms. The number of rotatable bonds is 2. The highest BCUT2D eigenvalue weighted by molar-refractivity contribution is 7.10. The second kappa shape index (κ2) is 4.20. The summed E-state index contributed by atoms with van der Waals surface area (Å²) >= 11 is 1.38. The first-order valence-corrected chi connectivity index (χ1v) is 6.03. The Labute approximate surface area is 99.0 Å². The minimum Gasteiger partial charge on any atom is -0.394 e. The molecule has 0 spiro atoms. The largest absolute Gasteiger partial charge is 0.394 e. The summed E-state index contributed by atoms with van der Waals surface area (Å²) in [5.41, 5.74) is 5.35. The van der Waals surface area contributed by atoms with Gasteiger partial charge in [0, 0.05) is 19.2 Å². The number of nitrogen functional groups attached to an aromatic ring is 1. The highest BCUT2D eigenvalue weighted by Crippen LogP contribution is 2.29. The summed E-state index contributed by atoms with van der Waals surface area (Å²) in [7, 11) is 0. The van der Waals surface area contributed by atoms with Crippen molar-refractivity contribution in [2.24, 2.45) is 0 Å². The summed E-state index contributed by atoms with van der Waals surface area (Å²) in [6.45, 7) is 5.54. The predicted molar refractivity (Wildman–Crippen MR) is 64.8 cm³/mol. The number of nitrogens with zero attached hydrogens (tertiary/aromatic N) is 2.